The first-order valence-corrected chi connectivity index (χ1v) is 6.02. The summed E-state index contributed by atoms with van der Waals surface area (Å²) in [7, 11) is 0. The lowest BCUT2D eigenvalue weighted by Gasteiger charge is -2.15. The van der Waals surface area contributed by atoms with Crippen molar-refractivity contribution >= 4 is 11.8 Å². The average Bonchev–Trinajstić information content (AvgIpc) is 2.37. The highest BCUT2D eigenvalue weighted by atomic mass is 16.4. The highest BCUT2D eigenvalue weighted by molar-refractivity contribution is 5.82. The Kier molecular flexibility index (Phi) is 9.62. The normalized spacial score (nSPS) is 9.56. The van der Waals surface area contributed by atoms with Gasteiger partial charge in [-0.15, -0.1) is 0 Å². The molecule has 0 aliphatic rings. The van der Waals surface area contributed by atoms with E-state index in [1.807, 2.05) is 6.07 Å². The number of anilines is 1. The SMILES string of the molecule is CCN(CC)CCO.O=C(O)Nc1ccccc1. The van der Waals surface area contributed by atoms with E-state index in [2.05, 4.69) is 24.1 Å². The molecule has 0 spiro atoms. The summed E-state index contributed by atoms with van der Waals surface area (Å²) in [4.78, 5) is 12.2. The van der Waals surface area contributed by atoms with Crippen molar-refractivity contribution in [2.75, 3.05) is 31.6 Å². The molecule has 0 saturated heterocycles. The number of amides is 1. The van der Waals surface area contributed by atoms with E-state index in [1.165, 1.54) is 0 Å². The van der Waals surface area contributed by atoms with Crippen molar-refractivity contribution in [2.24, 2.45) is 0 Å². The summed E-state index contributed by atoms with van der Waals surface area (Å²) in [5.41, 5.74) is 0.593. The Morgan fingerprint density at radius 1 is 1.22 bits per heavy atom. The maximum atomic E-state index is 10.1. The van der Waals surface area contributed by atoms with Crippen LogP contribution in [0.2, 0.25) is 0 Å². The molecule has 5 nitrogen and oxygen atoms in total. The molecule has 0 aliphatic heterocycles. The second-order valence-corrected chi connectivity index (χ2v) is 3.55. The third kappa shape index (κ3) is 8.55. The fourth-order valence-corrected chi connectivity index (χ4v) is 1.33. The summed E-state index contributed by atoms with van der Waals surface area (Å²) in [6, 6.07) is 8.74. The predicted molar refractivity (Wildman–Crippen MR) is 73.0 cm³/mol. The van der Waals surface area contributed by atoms with Gasteiger partial charge in [0.1, 0.15) is 0 Å². The molecule has 1 amide bonds. The molecule has 3 N–H and O–H groups in total. The first-order chi connectivity index (χ1) is 8.63. The van der Waals surface area contributed by atoms with Gasteiger partial charge in [0, 0.05) is 12.2 Å². The monoisotopic (exact) mass is 254 g/mol. The zero-order valence-electron chi connectivity index (χ0n) is 11.0. The van der Waals surface area contributed by atoms with Crippen molar-refractivity contribution in [1.29, 1.82) is 0 Å². The number of hydrogen-bond acceptors (Lipinski definition) is 3. The van der Waals surface area contributed by atoms with E-state index >= 15 is 0 Å². The molecule has 18 heavy (non-hydrogen) atoms. The van der Waals surface area contributed by atoms with E-state index in [4.69, 9.17) is 10.2 Å². The van der Waals surface area contributed by atoms with E-state index in [9.17, 15) is 4.79 Å². The molecule has 102 valence electrons. The van der Waals surface area contributed by atoms with Crippen molar-refractivity contribution < 1.29 is 15.0 Å². The first kappa shape index (κ1) is 16.4. The first-order valence-electron chi connectivity index (χ1n) is 6.02. The summed E-state index contributed by atoms with van der Waals surface area (Å²) >= 11 is 0. The molecule has 5 heteroatoms. The Hall–Kier alpha value is -1.59. The molecular formula is C13H22N2O3. The second kappa shape index (κ2) is 10.6. The van der Waals surface area contributed by atoms with Crippen LogP contribution in [0.1, 0.15) is 13.8 Å². The third-order valence-electron chi connectivity index (χ3n) is 2.34. The molecule has 0 fully saturated rings. The minimum absolute atomic E-state index is 0.279. The highest BCUT2D eigenvalue weighted by Crippen LogP contribution is 2.03. The average molecular weight is 254 g/mol. The molecular weight excluding hydrogens is 232 g/mol. The Bertz CT molecular complexity index is 313. The zero-order chi connectivity index (χ0) is 13.8. The maximum absolute atomic E-state index is 10.1. The molecule has 1 aromatic rings. The maximum Gasteiger partial charge on any atom is 0.409 e. The standard InChI is InChI=1S/C7H7NO2.C6H15NO/c9-7(10)8-6-4-2-1-3-5-6;1-3-7(4-2)5-6-8/h1-5,8H,(H,9,10);8H,3-6H2,1-2H3. The predicted octanol–water partition coefficient (Wildman–Crippen LogP) is 2.10. The number of aliphatic hydroxyl groups excluding tert-OH is 1. The van der Waals surface area contributed by atoms with Crippen LogP contribution in [0, 0.1) is 0 Å². The lowest BCUT2D eigenvalue weighted by atomic mass is 10.3. The molecule has 0 atom stereocenters. The number of rotatable bonds is 5. The van der Waals surface area contributed by atoms with E-state index < -0.39 is 6.09 Å². The third-order valence-corrected chi connectivity index (χ3v) is 2.34. The van der Waals surface area contributed by atoms with Crippen molar-refractivity contribution in [2.45, 2.75) is 13.8 Å². The minimum atomic E-state index is -1.04. The van der Waals surface area contributed by atoms with Crippen LogP contribution in [0.5, 0.6) is 0 Å². The van der Waals surface area contributed by atoms with E-state index in [0.29, 0.717) is 5.69 Å². The Labute approximate surface area is 108 Å². The van der Waals surface area contributed by atoms with Gasteiger partial charge in [0.15, 0.2) is 0 Å². The van der Waals surface area contributed by atoms with Crippen molar-refractivity contribution in [3.63, 3.8) is 0 Å². The molecule has 0 radical (unpaired) electrons. The summed E-state index contributed by atoms with van der Waals surface area (Å²) in [6.45, 7) is 7.36. The van der Waals surface area contributed by atoms with Gasteiger partial charge in [-0.1, -0.05) is 32.0 Å². The molecule has 0 aliphatic carbocycles. The Morgan fingerprint density at radius 2 is 1.78 bits per heavy atom. The van der Waals surface area contributed by atoms with Crippen LogP contribution in [0.25, 0.3) is 0 Å². The van der Waals surface area contributed by atoms with Gasteiger partial charge in [-0.25, -0.2) is 4.79 Å². The molecule has 0 bridgehead atoms. The van der Waals surface area contributed by atoms with Crippen molar-refractivity contribution in [1.82, 2.24) is 4.90 Å². The number of benzene rings is 1. The number of hydrogen-bond donors (Lipinski definition) is 3. The topological polar surface area (TPSA) is 72.8 Å². The largest absolute Gasteiger partial charge is 0.465 e. The van der Waals surface area contributed by atoms with Gasteiger partial charge >= 0.3 is 6.09 Å². The minimum Gasteiger partial charge on any atom is -0.465 e. The number of carboxylic acid groups (broad SMARTS) is 1. The van der Waals surface area contributed by atoms with Gasteiger partial charge in [-0.3, -0.25) is 5.32 Å². The number of aliphatic hydroxyl groups is 1. The summed E-state index contributed by atoms with van der Waals surface area (Å²) < 4.78 is 0. The zero-order valence-corrected chi connectivity index (χ0v) is 11.0. The summed E-state index contributed by atoms with van der Waals surface area (Å²) in [5, 5.41) is 18.9. The van der Waals surface area contributed by atoms with Crippen LogP contribution in [0.4, 0.5) is 10.5 Å². The van der Waals surface area contributed by atoms with Crippen LogP contribution < -0.4 is 5.32 Å². The number of nitrogens with one attached hydrogen (secondary N) is 1. The van der Waals surface area contributed by atoms with Crippen LogP contribution in [-0.4, -0.2) is 47.4 Å². The van der Waals surface area contributed by atoms with E-state index in [1.54, 1.807) is 24.3 Å². The van der Waals surface area contributed by atoms with Gasteiger partial charge in [0.05, 0.1) is 6.61 Å². The number of carbonyl (C=O) groups is 1. The van der Waals surface area contributed by atoms with E-state index in [-0.39, 0.29) is 6.61 Å². The second-order valence-electron chi connectivity index (χ2n) is 3.55. The molecule has 0 saturated carbocycles. The van der Waals surface area contributed by atoms with Crippen molar-refractivity contribution in [3.05, 3.63) is 30.3 Å². The van der Waals surface area contributed by atoms with Crippen LogP contribution in [0.3, 0.4) is 0 Å². The molecule has 0 aromatic heterocycles. The van der Waals surface area contributed by atoms with Crippen LogP contribution >= 0.6 is 0 Å². The highest BCUT2D eigenvalue weighted by Gasteiger charge is 1.94. The number of nitrogens with zero attached hydrogens (tertiary/aromatic N) is 1. The smallest absolute Gasteiger partial charge is 0.409 e. The summed E-state index contributed by atoms with van der Waals surface area (Å²) in [6.07, 6.45) is -1.04. The molecule has 0 unspecified atom stereocenters. The summed E-state index contributed by atoms with van der Waals surface area (Å²) in [5.74, 6) is 0. The van der Waals surface area contributed by atoms with Gasteiger partial charge in [0.2, 0.25) is 0 Å². The fourth-order valence-electron chi connectivity index (χ4n) is 1.33. The molecule has 1 rings (SSSR count). The van der Waals surface area contributed by atoms with Gasteiger partial charge < -0.3 is 15.1 Å². The molecule has 0 heterocycles. The number of likely N-dealkylation sites (N-methyl/N-ethyl adjacent to an activating group) is 1. The Balaban J connectivity index is 0.000000331. The quantitative estimate of drug-likeness (QED) is 0.752. The van der Waals surface area contributed by atoms with Gasteiger partial charge in [-0.05, 0) is 25.2 Å². The lowest BCUT2D eigenvalue weighted by molar-refractivity contribution is 0.208. The van der Waals surface area contributed by atoms with Gasteiger partial charge in [-0.2, -0.15) is 0 Å². The van der Waals surface area contributed by atoms with E-state index in [0.717, 1.165) is 19.6 Å². The number of para-hydroxylation sites is 1. The molecule has 1 aromatic carbocycles. The fraction of sp³-hybridized carbons (Fsp3) is 0.462. The lowest BCUT2D eigenvalue weighted by Crippen LogP contribution is -2.25. The van der Waals surface area contributed by atoms with Crippen LogP contribution in [-0.2, 0) is 0 Å². The van der Waals surface area contributed by atoms with Gasteiger partial charge in [0.25, 0.3) is 0 Å². The van der Waals surface area contributed by atoms with Crippen molar-refractivity contribution in [3.8, 4) is 0 Å². The Morgan fingerprint density at radius 3 is 2.11 bits per heavy atom. The van der Waals surface area contributed by atoms with Crippen LogP contribution in [0.15, 0.2) is 30.3 Å².